The van der Waals surface area contributed by atoms with Gasteiger partial charge in [-0.3, -0.25) is 11.3 Å². The molecule has 4 heteroatoms. The summed E-state index contributed by atoms with van der Waals surface area (Å²) >= 11 is 3.19. The van der Waals surface area contributed by atoms with E-state index < -0.39 is 0 Å². The molecular formula is C14H14BrFN2. The molecular weight excluding hydrogens is 295 g/mol. The lowest BCUT2D eigenvalue weighted by molar-refractivity contribution is 0.508. The van der Waals surface area contributed by atoms with Gasteiger partial charge in [0.25, 0.3) is 0 Å². The van der Waals surface area contributed by atoms with Crippen LogP contribution in [0.25, 0.3) is 0 Å². The van der Waals surface area contributed by atoms with E-state index in [0.29, 0.717) is 16.5 Å². The zero-order valence-corrected chi connectivity index (χ0v) is 11.3. The predicted molar refractivity (Wildman–Crippen MR) is 74.3 cm³/mol. The highest BCUT2D eigenvalue weighted by molar-refractivity contribution is 9.10. The average molecular weight is 309 g/mol. The average Bonchev–Trinajstić information content (AvgIpc) is 2.41. The van der Waals surface area contributed by atoms with E-state index in [4.69, 9.17) is 5.84 Å². The van der Waals surface area contributed by atoms with Crippen LogP contribution in [0.2, 0.25) is 0 Å². The summed E-state index contributed by atoms with van der Waals surface area (Å²) in [5.74, 6) is 5.27. The molecule has 94 valence electrons. The van der Waals surface area contributed by atoms with Crippen molar-refractivity contribution in [3.8, 4) is 0 Å². The van der Waals surface area contributed by atoms with Crippen molar-refractivity contribution < 1.29 is 4.39 Å². The van der Waals surface area contributed by atoms with Crippen LogP contribution in [0.4, 0.5) is 4.39 Å². The van der Waals surface area contributed by atoms with E-state index in [1.54, 1.807) is 18.2 Å². The molecule has 2 aromatic carbocycles. The highest BCUT2D eigenvalue weighted by Gasteiger charge is 2.16. The van der Waals surface area contributed by atoms with Crippen LogP contribution in [0.5, 0.6) is 0 Å². The molecule has 0 aromatic heterocycles. The van der Waals surface area contributed by atoms with Crippen LogP contribution in [0.1, 0.15) is 17.2 Å². The monoisotopic (exact) mass is 308 g/mol. The van der Waals surface area contributed by atoms with E-state index in [1.807, 2.05) is 30.3 Å². The Balaban J connectivity index is 2.26. The Morgan fingerprint density at radius 1 is 1.11 bits per heavy atom. The fourth-order valence-electron chi connectivity index (χ4n) is 1.90. The number of rotatable bonds is 4. The largest absolute Gasteiger partial charge is 0.271 e. The van der Waals surface area contributed by atoms with Crippen LogP contribution < -0.4 is 11.3 Å². The second-order valence-electron chi connectivity index (χ2n) is 4.05. The van der Waals surface area contributed by atoms with Crippen LogP contribution >= 0.6 is 15.9 Å². The summed E-state index contributed by atoms with van der Waals surface area (Å²) < 4.78 is 14.5. The number of hydrogen-bond acceptors (Lipinski definition) is 2. The summed E-state index contributed by atoms with van der Waals surface area (Å²) in [6.07, 6.45) is 0.644. The first kappa shape index (κ1) is 13.2. The van der Waals surface area contributed by atoms with Crippen LogP contribution in [0.15, 0.2) is 53.0 Å². The normalized spacial score (nSPS) is 12.4. The van der Waals surface area contributed by atoms with Gasteiger partial charge in [0.15, 0.2) is 0 Å². The van der Waals surface area contributed by atoms with Crippen LogP contribution in [0.3, 0.4) is 0 Å². The van der Waals surface area contributed by atoms with Crippen molar-refractivity contribution in [1.82, 2.24) is 5.43 Å². The summed E-state index contributed by atoms with van der Waals surface area (Å²) in [6, 6.07) is 14.8. The van der Waals surface area contributed by atoms with E-state index >= 15 is 0 Å². The maximum absolute atomic E-state index is 14.0. The van der Waals surface area contributed by atoms with Crippen molar-refractivity contribution in [1.29, 1.82) is 0 Å². The molecule has 0 aliphatic rings. The molecule has 1 atom stereocenters. The zero-order valence-electron chi connectivity index (χ0n) is 9.74. The fraction of sp³-hybridized carbons (Fsp3) is 0.143. The first-order valence-electron chi connectivity index (χ1n) is 5.66. The Hall–Kier alpha value is -1.23. The molecule has 0 radical (unpaired) electrons. The molecule has 0 aliphatic carbocycles. The molecule has 0 spiro atoms. The molecule has 0 saturated heterocycles. The molecule has 0 heterocycles. The number of nitrogens with one attached hydrogen (secondary N) is 1. The molecule has 0 saturated carbocycles. The summed E-state index contributed by atoms with van der Waals surface area (Å²) in [4.78, 5) is 0. The Labute approximate surface area is 114 Å². The lowest BCUT2D eigenvalue weighted by Crippen LogP contribution is -2.30. The van der Waals surface area contributed by atoms with Crippen LogP contribution in [-0.2, 0) is 6.42 Å². The quantitative estimate of drug-likeness (QED) is 0.671. The van der Waals surface area contributed by atoms with Crippen LogP contribution in [0, 0.1) is 5.82 Å². The minimum Gasteiger partial charge on any atom is -0.271 e. The molecule has 3 N–H and O–H groups in total. The van der Waals surface area contributed by atoms with Crippen LogP contribution in [-0.4, -0.2) is 0 Å². The van der Waals surface area contributed by atoms with Gasteiger partial charge in [-0.05, 0) is 34.0 Å². The van der Waals surface area contributed by atoms with Gasteiger partial charge in [0, 0.05) is 5.56 Å². The Kier molecular flexibility index (Phi) is 4.47. The van der Waals surface area contributed by atoms with Crippen molar-refractivity contribution >= 4 is 15.9 Å². The molecule has 0 fully saturated rings. The lowest BCUT2D eigenvalue weighted by Gasteiger charge is -2.17. The molecule has 0 aliphatic heterocycles. The third-order valence-corrected chi connectivity index (χ3v) is 3.45. The zero-order chi connectivity index (χ0) is 13.0. The molecule has 2 rings (SSSR count). The maximum Gasteiger partial charge on any atom is 0.142 e. The maximum atomic E-state index is 14.0. The summed E-state index contributed by atoms with van der Waals surface area (Å²) in [7, 11) is 0. The third kappa shape index (κ3) is 2.96. The molecule has 1 unspecified atom stereocenters. The Morgan fingerprint density at radius 2 is 1.83 bits per heavy atom. The number of halogens is 2. The van der Waals surface area contributed by atoms with E-state index in [0.717, 1.165) is 5.56 Å². The van der Waals surface area contributed by atoms with E-state index in [9.17, 15) is 4.39 Å². The lowest BCUT2D eigenvalue weighted by atomic mass is 9.99. The first-order chi connectivity index (χ1) is 8.72. The second-order valence-corrected chi connectivity index (χ2v) is 4.91. The van der Waals surface area contributed by atoms with E-state index in [2.05, 4.69) is 21.4 Å². The van der Waals surface area contributed by atoms with Gasteiger partial charge in [0.2, 0.25) is 0 Å². The van der Waals surface area contributed by atoms with Gasteiger partial charge in [-0.1, -0.05) is 42.5 Å². The van der Waals surface area contributed by atoms with E-state index in [-0.39, 0.29) is 11.9 Å². The van der Waals surface area contributed by atoms with Crippen molar-refractivity contribution in [3.63, 3.8) is 0 Å². The van der Waals surface area contributed by atoms with E-state index in [1.165, 1.54) is 0 Å². The SMILES string of the molecule is NNC(Cc1ccccc1)c1cccc(Br)c1F. The van der Waals surface area contributed by atoms with Crippen molar-refractivity contribution in [3.05, 3.63) is 69.9 Å². The topological polar surface area (TPSA) is 38.0 Å². The summed E-state index contributed by atoms with van der Waals surface area (Å²) in [5.41, 5.74) is 4.35. The number of hydrogen-bond donors (Lipinski definition) is 2. The van der Waals surface area contributed by atoms with Gasteiger partial charge < -0.3 is 0 Å². The fourth-order valence-corrected chi connectivity index (χ4v) is 2.28. The Bertz CT molecular complexity index is 516. The highest BCUT2D eigenvalue weighted by Crippen LogP contribution is 2.25. The smallest absolute Gasteiger partial charge is 0.142 e. The van der Waals surface area contributed by atoms with Crippen molar-refractivity contribution in [2.24, 2.45) is 5.84 Å². The Morgan fingerprint density at radius 3 is 2.50 bits per heavy atom. The van der Waals surface area contributed by atoms with Gasteiger partial charge in [0.05, 0.1) is 10.5 Å². The molecule has 2 nitrogen and oxygen atoms in total. The first-order valence-corrected chi connectivity index (χ1v) is 6.45. The number of nitrogens with two attached hydrogens (primary N) is 1. The summed E-state index contributed by atoms with van der Waals surface area (Å²) in [6.45, 7) is 0. The number of benzene rings is 2. The molecule has 0 bridgehead atoms. The van der Waals surface area contributed by atoms with Crippen molar-refractivity contribution in [2.75, 3.05) is 0 Å². The summed E-state index contributed by atoms with van der Waals surface area (Å²) in [5, 5.41) is 0. The standard InChI is InChI=1S/C14H14BrFN2/c15-12-8-4-7-11(14(12)16)13(18-17)9-10-5-2-1-3-6-10/h1-8,13,18H,9,17H2. The highest BCUT2D eigenvalue weighted by atomic mass is 79.9. The minimum atomic E-state index is -0.267. The van der Waals surface area contributed by atoms with Crippen molar-refractivity contribution in [2.45, 2.75) is 12.5 Å². The van der Waals surface area contributed by atoms with Gasteiger partial charge in [-0.15, -0.1) is 0 Å². The molecule has 0 amide bonds. The molecule has 2 aromatic rings. The minimum absolute atomic E-state index is 0.245. The molecule has 18 heavy (non-hydrogen) atoms. The number of hydrazine groups is 1. The van der Waals surface area contributed by atoms with Gasteiger partial charge in [-0.2, -0.15) is 0 Å². The van der Waals surface area contributed by atoms with Gasteiger partial charge in [-0.25, -0.2) is 4.39 Å². The third-order valence-electron chi connectivity index (χ3n) is 2.84. The van der Waals surface area contributed by atoms with Gasteiger partial charge >= 0.3 is 0 Å². The predicted octanol–water partition coefficient (Wildman–Crippen LogP) is 3.34. The second kappa shape index (κ2) is 6.09. The van der Waals surface area contributed by atoms with Gasteiger partial charge in [0.1, 0.15) is 5.82 Å².